The zero-order chi connectivity index (χ0) is 21.8. The number of thioether (sulfide) groups is 1. The molecule has 1 aromatic heterocycles. The molecule has 0 N–H and O–H groups in total. The number of rotatable bonds is 8. The zero-order valence-corrected chi connectivity index (χ0v) is 21.4. The summed E-state index contributed by atoms with van der Waals surface area (Å²) < 4.78 is 24.3. The van der Waals surface area contributed by atoms with E-state index in [1.165, 1.54) is 35.4 Å². The summed E-state index contributed by atoms with van der Waals surface area (Å²) in [7, 11) is -1.99. The molecule has 4 nitrogen and oxygen atoms in total. The van der Waals surface area contributed by atoms with Gasteiger partial charge in [0.05, 0.1) is 22.2 Å². The fourth-order valence-corrected chi connectivity index (χ4v) is 10.9. The maximum Gasteiger partial charge on any atom is 0.200 e. The van der Waals surface area contributed by atoms with Gasteiger partial charge in [-0.1, -0.05) is 57.6 Å². The van der Waals surface area contributed by atoms with Crippen LogP contribution in [0.25, 0.3) is 0 Å². The van der Waals surface area contributed by atoms with Crippen LogP contribution in [0.1, 0.15) is 52.1 Å². The lowest BCUT2D eigenvalue weighted by atomic mass is 10.3. The summed E-state index contributed by atoms with van der Waals surface area (Å²) in [4.78, 5) is 5.58. The summed E-state index contributed by atoms with van der Waals surface area (Å²) in [6.45, 7) is 14.1. The van der Waals surface area contributed by atoms with Gasteiger partial charge in [-0.2, -0.15) is 0 Å². The predicted molar refractivity (Wildman–Crippen MR) is 127 cm³/mol. The fraction of sp³-hybridized carbons (Fsp3) is 0.550. The van der Waals surface area contributed by atoms with Crippen LogP contribution in [-0.2, 0) is 11.0 Å². The Kier molecular flexibility index (Phi) is 8.84. The lowest BCUT2D eigenvalue weighted by Gasteiger charge is -2.42. The maximum absolute atomic E-state index is 13.4. The molecule has 0 saturated heterocycles. The second-order valence-corrected chi connectivity index (χ2v) is 15.4. The van der Waals surface area contributed by atoms with E-state index in [4.69, 9.17) is 16.0 Å². The molecule has 1 aromatic carbocycles. The summed E-state index contributed by atoms with van der Waals surface area (Å²) in [5.41, 5.74) is 2.81. The average molecular weight is 474 g/mol. The standard InChI is InChI=1S/C20H29ClFN3OS2Si/c1-12(2)29(13(3)4,14(5)6)26-11-18-19(24-25-28-18)20(27-7)23-15-8-9-17(22)16(21)10-15/h8-10,12-14H,11H2,1-7H3/b23-20-. The summed E-state index contributed by atoms with van der Waals surface area (Å²) in [5.74, 6) is -0.460. The lowest BCUT2D eigenvalue weighted by molar-refractivity contribution is 0.268. The molecule has 0 bridgehead atoms. The summed E-state index contributed by atoms with van der Waals surface area (Å²) in [6, 6.07) is 4.43. The Labute approximate surface area is 187 Å². The normalized spacial score (nSPS) is 13.2. The third-order valence-corrected chi connectivity index (χ3v) is 13.0. The monoisotopic (exact) mass is 473 g/mol. The highest BCUT2D eigenvalue weighted by molar-refractivity contribution is 8.13. The number of hydrogen-bond donors (Lipinski definition) is 0. The van der Waals surface area contributed by atoms with Crippen molar-refractivity contribution in [3.8, 4) is 0 Å². The Morgan fingerprint density at radius 1 is 1.21 bits per heavy atom. The Hall–Kier alpha value is -0.803. The molecule has 0 saturated carbocycles. The van der Waals surface area contributed by atoms with E-state index >= 15 is 0 Å². The first-order valence-corrected chi connectivity index (χ1v) is 14.2. The van der Waals surface area contributed by atoms with Gasteiger partial charge < -0.3 is 4.43 Å². The van der Waals surface area contributed by atoms with Crippen LogP contribution in [0.15, 0.2) is 23.2 Å². The van der Waals surface area contributed by atoms with Crippen molar-refractivity contribution < 1.29 is 8.82 Å². The van der Waals surface area contributed by atoms with Gasteiger partial charge in [-0.15, -0.1) is 16.9 Å². The Bertz CT molecular complexity index is 836. The van der Waals surface area contributed by atoms with Crippen molar-refractivity contribution in [1.82, 2.24) is 9.59 Å². The van der Waals surface area contributed by atoms with Crippen molar-refractivity contribution in [1.29, 1.82) is 0 Å². The number of hydrogen-bond acceptors (Lipinski definition) is 6. The molecule has 0 aliphatic rings. The van der Waals surface area contributed by atoms with Crippen LogP contribution in [0, 0.1) is 5.82 Å². The second kappa shape index (κ2) is 10.5. The van der Waals surface area contributed by atoms with Crippen molar-refractivity contribution in [3.05, 3.63) is 39.6 Å². The lowest BCUT2D eigenvalue weighted by Crippen LogP contribution is -2.47. The molecule has 9 heteroatoms. The largest absolute Gasteiger partial charge is 0.411 e. The quantitative estimate of drug-likeness (QED) is 0.226. The first-order valence-electron chi connectivity index (χ1n) is 9.66. The Balaban J connectivity index is 2.33. The van der Waals surface area contributed by atoms with Crippen LogP contribution in [0.2, 0.25) is 21.6 Å². The number of nitrogens with zero attached hydrogens (tertiary/aromatic N) is 3. The van der Waals surface area contributed by atoms with Crippen molar-refractivity contribution in [2.75, 3.05) is 6.26 Å². The fourth-order valence-electron chi connectivity index (χ4n) is 4.02. The number of aromatic nitrogens is 2. The first-order chi connectivity index (χ1) is 13.6. The first kappa shape index (κ1) is 24.5. The molecule has 0 atom stereocenters. The molecule has 29 heavy (non-hydrogen) atoms. The molecule has 0 unspecified atom stereocenters. The summed E-state index contributed by atoms with van der Waals surface area (Å²) in [5, 5.41) is 5.07. The van der Waals surface area contributed by atoms with E-state index in [0.717, 1.165) is 10.6 Å². The minimum atomic E-state index is -1.99. The van der Waals surface area contributed by atoms with Gasteiger partial charge in [0, 0.05) is 0 Å². The Morgan fingerprint density at radius 2 is 1.83 bits per heavy atom. The molecule has 0 spiro atoms. The van der Waals surface area contributed by atoms with Gasteiger partial charge in [-0.05, 0) is 52.6 Å². The van der Waals surface area contributed by atoms with Crippen molar-refractivity contribution in [2.24, 2.45) is 4.99 Å². The van der Waals surface area contributed by atoms with E-state index in [1.54, 1.807) is 6.07 Å². The van der Waals surface area contributed by atoms with E-state index in [1.807, 2.05) is 6.26 Å². The van der Waals surface area contributed by atoms with Crippen LogP contribution < -0.4 is 0 Å². The zero-order valence-electron chi connectivity index (χ0n) is 18.0. The van der Waals surface area contributed by atoms with E-state index in [-0.39, 0.29) is 5.02 Å². The second-order valence-electron chi connectivity index (χ2n) is 7.87. The SMILES string of the molecule is CS/C(=N\c1ccc(F)c(Cl)c1)c1nnsc1CO[Si](C(C)C)(C(C)C)C(C)C. The van der Waals surface area contributed by atoms with Crippen molar-refractivity contribution >= 4 is 53.9 Å². The number of benzene rings is 1. The Morgan fingerprint density at radius 3 is 2.34 bits per heavy atom. The molecule has 0 amide bonds. The maximum atomic E-state index is 13.4. The van der Waals surface area contributed by atoms with Gasteiger partial charge >= 0.3 is 0 Å². The van der Waals surface area contributed by atoms with Crippen LogP contribution in [0.5, 0.6) is 0 Å². The molecule has 1 heterocycles. The average Bonchev–Trinajstić information content (AvgIpc) is 3.10. The summed E-state index contributed by atoms with van der Waals surface area (Å²) in [6.07, 6.45) is 1.93. The third-order valence-electron chi connectivity index (χ3n) is 5.25. The summed E-state index contributed by atoms with van der Waals surface area (Å²) >= 11 is 8.71. The van der Waals surface area contributed by atoms with Gasteiger partial charge in [0.1, 0.15) is 16.6 Å². The number of aliphatic imine (C=N–C) groups is 1. The van der Waals surface area contributed by atoms with Gasteiger partial charge in [0.15, 0.2) is 0 Å². The molecule has 0 radical (unpaired) electrons. The van der Waals surface area contributed by atoms with E-state index < -0.39 is 14.1 Å². The van der Waals surface area contributed by atoms with Gasteiger partial charge in [-0.3, -0.25) is 0 Å². The smallest absolute Gasteiger partial charge is 0.200 e. The van der Waals surface area contributed by atoms with Gasteiger partial charge in [0.2, 0.25) is 8.32 Å². The molecule has 0 fully saturated rings. The van der Waals surface area contributed by atoms with E-state index in [9.17, 15) is 4.39 Å². The van der Waals surface area contributed by atoms with Crippen LogP contribution >= 0.6 is 34.9 Å². The minimum absolute atomic E-state index is 0.0493. The highest BCUT2D eigenvalue weighted by atomic mass is 35.5. The molecular weight excluding hydrogens is 445 g/mol. The predicted octanol–water partition coefficient (Wildman–Crippen LogP) is 7.46. The molecule has 0 aliphatic heterocycles. The van der Waals surface area contributed by atoms with Crippen LogP contribution in [-0.4, -0.2) is 29.2 Å². The minimum Gasteiger partial charge on any atom is -0.411 e. The highest BCUT2D eigenvalue weighted by Gasteiger charge is 2.45. The van der Waals surface area contributed by atoms with Gasteiger partial charge in [0.25, 0.3) is 0 Å². The molecule has 160 valence electrons. The molecular formula is C20H29ClFN3OS2Si. The van der Waals surface area contributed by atoms with E-state index in [2.05, 4.69) is 56.1 Å². The molecule has 0 aliphatic carbocycles. The van der Waals surface area contributed by atoms with E-state index in [0.29, 0.717) is 34.0 Å². The third kappa shape index (κ3) is 5.47. The molecule has 2 rings (SSSR count). The van der Waals surface area contributed by atoms with Crippen molar-refractivity contribution in [3.63, 3.8) is 0 Å². The van der Waals surface area contributed by atoms with Crippen molar-refractivity contribution in [2.45, 2.75) is 64.8 Å². The van der Waals surface area contributed by atoms with Crippen LogP contribution in [0.3, 0.4) is 0 Å². The highest BCUT2D eigenvalue weighted by Crippen LogP contribution is 2.43. The van der Waals surface area contributed by atoms with Crippen LogP contribution in [0.4, 0.5) is 10.1 Å². The number of halogens is 2. The molecule has 2 aromatic rings. The van der Waals surface area contributed by atoms with Gasteiger partial charge in [-0.25, -0.2) is 9.38 Å². The topological polar surface area (TPSA) is 47.4 Å².